The number of aryl methyl sites for hydroxylation is 1. The van der Waals surface area contributed by atoms with Crippen molar-refractivity contribution in [1.82, 2.24) is 15.2 Å². The average molecular weight is 481 g/mol. The molecular weight excluding hydrogens is 448 g/mol. The molecule has 186 valence electrons. The van der Waals surface area contributed by atoms with E-state index in [1.165, 1.54) is 6.07 Å². The van der Waals surface area contributed by atoms with Crippen LogP contribution in [0, 0.1) is 13.8 Å². The third-order valence-electron chi connectivity index (χ3n) is 6.33. The Morgan fingerprint density at radius 2 is 1.77 bits per heavy atom. The molecule has 0 spiro atoms. The van der Waals surface area contributed by atoms with Gasteiger partial charge in [-0.25, -0.2) is 0 Å². The largest absolute Gasteiger partial charge is 0.369 e. The maximum atomic E-state index is 12.8. The Morgan fingerprint density at radius 3 is 2.37 bits per heavy atom. The van der Waals surface area contributed by atoms with Crippen molar-refractivity contribution in [2.75, 3.05) is 31.5 Å². The van der Waals surface area contributed by atoms with Gasteiger partial charge in [-0.05, 0) is 50.2 Å². The molecule has 0 unspecified atom stereocenters. The number of nitrogens with two attached hydrogens (primary N) is 2. The van der Waals surface area contributed by atoms with Gasteiger partial charge in [0, 0.05) is 35.7 Å². The maximum Gasteiger partial charge on any atom is 0.256 e. The number of rotatable bonds is 10. The van der Waals surface area contributed by atoms with Crippen LogP contribution in [0.15, 0.2) is 18.2 Å². The van der Waals surface area contributed by atoms with Crippen molar-refractivity contribution in [1.29, 1.82) is 0 Å². The first-order valence-corrected chi connectivity index (χ1v) is 11.5. The molecule has 2 aromatic rings. The SMILES string of the molecule is CCN(CC)CCNC(=O)c1c(C)[nH]c(C=C2C(=O)Nc3cc(C(C(N)=O)C(N)=O)ccc32)c1C. The fraction of sp³-hybridized carbons (Fsp3) is 0.360. The van der Waals surface area contributed by atoms with E-state index in [0.29, 0.717) is 45.9 Å². The summed E-state index contributed by atoms with van der Waals surface area (Å²) >= 11 is 0. The molecule has 0 fully saturated rings. The summed E-state index contributed by atoms with van der Waals surface area (Å²) in [4.78, 5) is 54.3. The molecule has 2 heterocycles. The van der Waals surface area contributed by atoms with Crippen LogP contribution in [-0.4, -0.2) is 59.7 Å². The minimum atomic E-state index is -1.29. The zero-order chi connectivity index (χ0) is 25.9. The zero-order valence-corrected chi connectivity index (χ0v) is 20.5. The number of anilines is 1. The van der Waals surface area contributed by atoms with Crippen molar-refractivity contribution in [2.45, 2.75) is 33.6 Å². The number of likely N-dealkylation sites (N-methyl/N-ethyl adjacent to an activating group) is 1. The van der Waals surface area contributed by atoms with Gasteiger partial charge in [0.05, 0.1) is 11.1 Å². The number of carbonyl (C=O) groups excluding carboxylic acids is 4. The second-order valence-corrected chi connectivity index (χ2v) is 8.50. The van der Waals surface area contributed by atoms with Crippen LogP contribution in [0.4, 0.5) is 5.69 Å². The summed E-state index contributed by atoms with van der Waals surface area (Å²) in [5, 5.41) is 5.71. The normalized spacial score (nSPS) is 13.9. The van der Waals surface area contributed by atoms with Crippen LogP contribution < -0.4 is 22.1 Å². The molecule has 1 aromatic carbocycles. The summed E-state index contributed by atoms with van der Waals surface area (Å²) in [6.07, 6.45) is 1.69. The Hall–Kier alpha value is -3.92. The van der Waals surface area contributed by atoms with E-state index in [1.54, 1.807) is 18.2 Å². The number of fused-ring (bicyclic) bond motifs is 1. The number of nitrogens with one attached hydrogen (secondary N) is 3. The van der Waals surface area contributed by atoms with Crippen molar-refractivity contribution in [2.24, 2.45) is 11.5 Å². The van der Waals surface area contributed by atoms with E-state index in [2.05, 4.69) is 34.4 Å². The molecule has 3 rings (SSSR count). The highest BCUT2D eigenvalue weighted by molar-refractivity contribution is 6.35. The first-order valence-electron chi connectivity index (χ1n) is 11.5. The van der Waals surface area contributed by atoms with Crippen LogP contribution in [-0.2, 0) is 14.4 Å². The van der Waals surface area contributed by atoms with Crippen molar-refractivity contribution in [3.05, 3.63) is 51.8 Å². The second kappa shape index (κ2) is 10.6. The maximum absolute atomic E-state index is 12.8. The number of nitrogens with zero attached hydrogens (tertiary/aromatic N) is 1. The quantitative estimate of drug-likeness (QED) is 0.255. The number of hydrogen-bond donors (Lipinski definition) is 5. The molecule has 0 atom stereocenters. The Kier molecular flexibility index (Phi) is 7.75. The van der Waals surface area contributed by atoms with E-state index in [1.807, 2.05) is 13.8 Å². The van der Waals surface area contributed by atoms with Crippen molar-refractivity contribution < 1.29 is 19.2 Å². The van der Waals surface area contributed by atoms with Gasteiger partial charge in [-0.3, -0.25) is 19.2 Å². The summed E-state index contributed by atoms with van der Waals surface area (Å²) in [5.41, 5.74) is 15.0. The zero-order valence-electron chi connectivity index (χ0n) is 20.5. The van der Waals surface area contributed by atoms with Crippen LogP contribution in [0.25, 0.3) is 11.6 Å². The summed E-state index contributed by atoms with van der Waals surface area (Å²) in [6, 6.07) is 4.71. The molecule has 35 heavy (non-hydrogen) atoms. The molecule has 0 saturated carbocycles. The number of amides is 4. The molecule has 1 aliphatic rings. The fourth-order valence-corrected chi connectivity index (χ4v) is 4.36. The van der Waals surface area contributed by atoms with Gasteiger partial charge >= 0.3 is 0 Å². The summed E-state index contributed by atoms with van der Waals surface area (Å²) in [6.45, 7) is 11.0. The minimum Gasteiger partial charge on any atom is -0.369 e. The molecule has 4 amide bonds. The summed E-state index contributed by atoms with van der Waals surface area (Å²) in [7, 11) is 0. The molecule has 1 aliphatic heterocycles. The number of H-pyrrole nitrogens is 1. The van der Waals surface area contributed by atoms with Gasteiger partial charge in [0.2, 0.25) is 11.8 Å². The third-order valence-corrected chi connectivity index (χ3v) is 6.33. The molecule has 7 N–H and O–H groups in total. The first kappa shape index (κ1) is 25.7. The molecule has 1 aromatic heterocycles. The smallest absolute Gasteiger partial charge is 0.256 e. The lowest BCUT2D eigenvalue weighted by Crippen LogP contribution is -2.35. The molecule has 0 aliphatic carbocycles. The van der Waals surface area contributed by atoms with E-state index >= 15 is 0 Å². The minimum absolute atomic E-state index is 0.169. The van der Waals surface area contributed by atoms with E-state index in [0.717, 1.165) is 25.2 Å². The third kappa shape index (κ3) is 5.27. The highest BCUT2D eigenvalue weighted by atomic mass is 16.2. The monoisotopic (exact) mass is 480 g/mol. The van der Waals surface area contributed by atoms with Gasteiger partial charge < -0.3 is 32.0 Å². The molecule has 0 saturated heterocycles. The van der Waals surface area contributed by atoms with E-state index < -0.39 is 17.7 Å². The van der Waals surface area contributed by atoms with Crippen LogP contribution >= 0.6 is 0 Å². The molecule has 10 nitrogen and oxygen atoms in total. The Bertz CT molecular complexity index is 1190. The van der Waals surface area contributed by atoms with Crippen molar-refractivity contribution >= 4 is 41.0 Å². The summed E-state index contributed by atoms with van der Waals surface area (Å²) < 4.78 is 0. The lowest BCUT2D eigenvalue weighted by atomic mass is 9.94. The predicted octanol–water partition coefficient (Wildman–Crippen LogP) is 1.25. The molecular formula is C25H32N6O4. The van der Waals surface area contributed by atoms with Gasteiger partial charge in [0.15, 0.2) is 0 Å². The topological polar surface area (TPSA) is 163 Å². The molecule has 0 radical (unpaired) electrons. The Labute approximate surface area is 204 Å². The van der Waals surface area contributed by atoms with Gasteiger partial charge in [-0.1, -0.05) is 26.0 Å². The van der Waals surface area contributed by atoms with Crippen LogP contribution in [0.1, 0.15) is 58.2 Å². The molecule has 0 bridgehead atoms. The van der Waals surface area contributed by atoms with Gasteiger partial charge in [-0.15, -0.1) is 0 Å². The second-order valence-electron chi connectivity index (χ2n) is 8.50. The van der Waals surface area contributed by atoms with Crippen LogP contribution in [0.2, 0.25) is 0 Å². The summed E-state index contributed by atoms with van der Waals surface area (Å²) in [5.74, 6) is -3.53. The van der Waals surface area contributed by atoms with Gasteiger partial charge in [0.1, 0.15) is 5.92 Å². The number of benzene rings is 1. The number of aromatic amines is 1. The predicted molar refractivity (Wildman–Crippen MR) is 134 cm³/mol. The van der Waals surface area contributed by atoms with Crippen molar-refractivity contribution in [3.63, 3.8) is 0 Å². The lowest BCUT2D eigenvalue weighted by molar-refractivity contribution is -0.128. The highest BCUT2D eigenvalue weighted by Gasteiger charge is 2.29. The highest BCUT2D eigenvalue weighted by Crippen LogP contribution is 2.36. The number of carbonyl (C=O) groups is 4. The Morgan fingerprint density at radius 1 is 1.11 bits per heavy atom. The van der Waals surface area contributed by atoms with Crippen LogP contribution in [0.5, 0.6) is 0 Å². The number of primary amides is 2. The first-order chi connectivity index (χ1) is 16.6. The Balaban J connectivity index is 1.87. The van der Waals surface area contributed by atoms with Crippen LogP contribution in [0.3, 0.4) is 0 Å². The average Bonchev–Trinajstić information content (AvgIpc) is 3.25. The standard InChI is InChI=1S/C25H32N6O4/c1-5-31(6-2)10-9-28-25(35)20-13(3)18(29-14(20)4)12-17-16-8-7-15(11-19(16)30-24(17)34)21(22(26)32)23(27)33/h7-8,11-12,21,29H,5-6,9-10H2,1-4H3,(H2,26,32)(H2,27,33)(H,28,35)(H,30,34). The lowest BCUT2D eigenvalue weighted by Gasteiger charge is -2.18. The van der Waals surface area contributed by atoms with E-state index in [4.69, 9.17) is 11.5 Å². The van der Waals surface area contributed by atoms with Gasteiger partial charge in [-0.2, -0.15) is 0 Å². The number of aromatic nitrogens is 1. The molecule has 10 heteroatoms. The van der Waals surface area contributed by atoms with E-state index in [9.17, 15) is 19.2 Å². The van der Waals surface area contributed by atoms with Crippen molar-refractivity contribution in [3.8, 4) is 0 Å². The van der Waals surface area contributed by atoms with Gasteiger partial charge in [0.25, 0.3) is 11.8 Å². The fourth-order valence-electron chi connectivity index (χ4n) is 4.36. The number of hydrogen-bond acceptors (Lipinski definition) is 5. The van der Waals surface area contributed by atoms with E-state index in [-0.39, 0.29) is 11.8 Å².